The molecule has 30 heavy (non-hydrogen) atoms. The summed E-state index contributed by atoms with van der Waals surface area (Å²) in [6.07, 6.45) is 3.63. The smallest absolute Gasteiger partial charge is 0.260 e. The van der Waals surface area contributed by atoms with E-state index in [9.17, 15) is 12.8 Å². The van der Waals surface area contributed by atoms with Crippen molar-refractivity contribution in [3.8, 4) is 0 Å². The van der Waals surface area contributed by atoms with Crippen LogP contribution in [0.2, 0.25) is 0 Å². The largest absolute Gasteiger partial charge is 0.379 e. The molecule has 8 nitrogen and oxygen atoms in total. The van der Waals surface area contributed by atoms with Crippen LogP contribution in [0.1, 0.15) is 24.4 Å². The van der Waals surface area contributed by atoms with Crippen LogP contribution in [0.25, 0.3) is 10.9 Å². The minimum atomic E-state index is -3.72. The van der Waals surface area contributed by atoms with E-state index in [0.717, 1.165) is 18.4 Å². The van der Waals surface area contributed by atoms with Gasteiger partial charge in [-0.3, -0.25) is 4.68 Å². The second kappa shape index (κ2) is 7.29. The summed E-state index contributed by atoms with van der Waals surface area (Å²) in [5.74, 6) is 0.251. The van der Waals surface area contributed by atoms with Crippen molar-refractivity contribution in [3.05, 3.63) is 41.8 Å². The molecule has 1 aliphatic carbocycles. The van der Waals surface area contributed by atoms with Crippen LogP contribution >= 0.6 is 0 Å². The van der Waals surface area contributed by atoms with E-state index in [1.165, 1.54) is 10.4 Å². The zero-order valence-corrected chi connectivity index (χ0v) is 17.3. The van der Waals surface area contributed by atoms with Crippen molar-refractivity contribution in [2.45, 2.75) is 30.8 Å². The van der Waals surface area contributed by atoms with Gasteiger partial charge in [-0.2, -0.15) is 9.40 Å². The molecule has 10 heteroatoms. The number of anilines is 2. The van der Waals surface area contributed by atoms with Gasteiger partial charge in [-0.25, -0.2) is 17.8 Å². The van der Waals surface area contributed by atoms with Gasteiger partial charge in [0.05, 0.1) is 31.0 Å². The highest BCUT2D eigenvalue weighted by Crippen LogP contribution is 2.39. The van der Waals surface area contributed by atoms with Crippen molar-refractivity contribution in [1.29, 1.82) is 0 Å². The minimum Gasteiger partial charge on any atom is -0.379 e. The first-order valence-corrected chi connectivity index (χ1v) is 11.4. The van der Waals surface area contributed by atoms with Crippen LogP contribution in [0.15, 0.2) is 35.5 Å². The van der Waals surface area contributed by atoms with Gasteiger partial charge in [0.1, 0.15) is 5.82 Å². The number of sulfonamides is 1. The fourth-order valence-corrected chi connectivity index (χ4v) is 4.97. The number of aromatic nitrogens is 3. The Morgan fingerprint density at radius 2 is 1.97 bits per heavy atom. The number of benzene rings is 1. The monoisotopic (exact) mass is 431 g/mol. The van der Waals surface area contributed by atoms with Crippen molar-refractivity contribution in [2.24, 2.45) is 0 Å². The van der Waals surface area contributed by atoms with Crippen LogP contribution in [0.4, 0.5) is 15.9 Å². The van der Waals surface area contributed by atoms with Gasteiger partial charge < -0.3 is 10.1 Å². The van der Waals surface area contributed by atoms with Crippen molar-refractivity contribution < 1.29 is 17.5 Å². The van der Waals surface area contributed by atoms with Crippen LogP contribution in [0.3, 0.4) is 0 Å². The van der Waals surface area contributed by atoms with Gasteiger partial charge in [-0.15, -0.1) is 0 Å². The standard InChI is InChI=1S/C20H22FN5O3S/c1-13-10-14(2-5-17(13)21)23-20-16-11-19(30(27,28)25-6-8-29-9-7-25)22-12-18(16)26(24-20)15-3-4-15/h2,5,10-12,15H,3-4,6-9H2,1H3,(H,23,24). The van der Waals surface area contributed by atoms with Gasteiger partial charge in [0.25, 0.3) is 10.0 Å². The summed E-state index contributed by atoms with van der Waals surface area (Å²) in [5, 5.41) is 8.56. The van der Waals surface area contributed by atoms with E-state index in [-0.39, 0.29) is 10.8 Å². The number of pyridine rings is 1. The second-order valence-corrected chi connectivity index (χ2v) is 9.55. The van der Waals surface area contributed by atoms with E-state index in [1.807, 2.05) is 4.68 Å². The Morgan fingerprint density at radius 3 is 2.67 bits per heavy atom. The fraction of sp³-hybridized carbons (Fsp3) is 0.400. The molecule has 0 radical (unpaired) electrons. The lowest BCUT2D eigenvalue weighted by Crippen LogP contribution is -2.40. The average molecular weight is 431 g/mol. The van der Waals surface area contributed by atoms with Crippen molar-refractivity contribution >= 4 is 32.4 Å². The van der Waals surface area contributed by atoms with E-state index in [4.69, 9.17) is 4.74 Å². The van der Waals surface area contributed by atoms with Gasteiger partial charge in [0.15, 0.2) is 10.8 Å². The number of morpholine rings is 1. The molecule has 3 heterocycles. The highest BCUT2D eigenvalue weighted by molar-refractivity contribution is 7.89. The molecule has 0 unspecified atom stereocenters. The van der Waals surface area contributed by atoms with E-state index in [2.05, 4.69) is 15.4 Å². The molecule has 1 aliphatic heterocycles. The maximum absolute atomic E-state index is 13.6. The summed E-state index contributed by atoms with van der Waals surface area (Å²) < 4.78 is 48.3. The van der Waals surface area contributed by atoms with Crippen LogP contribution in [0, 0.1) is 12.7 Å². The molecular weight excluding hydrogens is 409 g/mol. The fourth-order valence-electron chi connectivity index (χ4n) is 3.63. The molecule has 0 amide bonds. The van der Waals surface area contributed by atoms with Gasteiger partial charge in [-0.1, -0.05) is 0 Å². The molecule has 1 N–H and O–H groups in total. The van der Waals surface area contributed by atoms with Crippen molar-refractivity contribution in [2.75, 3.05) is 31.6 Å². The summed E-state index contributed by atoms with van der Waals surface area (Å²) in [7, 11) is -3.72. The molecule has 158 valence electrons. The summed E-state index contributed by atoms with van der Waals surface area (Å²) >= 11 is 0. The number of hydrogen-bond acceptors (Lipinski definition) is 6. The number of ether oxygens (including phenoxy) is 1. The number of nitrogens with zero attached hydrogens (tertiary/aromatic N) is 4. The molecule has 1 aromatic carbocycles. The van der Waals surface area contributed by atoms with Crippen LogP contribution in [-0.4, -0.2) is 53.8 Å². The molecule has 2 aliphatic rings. The highest BCUT2D eigenvalue weighted by Gasteiger charge is 2.31. The van der Waals surface area contributed by atoms with E-state index >= 15 is 0 Å². The van der Waals surface area contributed by atoms with Crippen molar-refractivity contribution in [1.82, 2.24) is 19.1 Å². The number of hydrogen-bond donors (Lipinski definition) is 1. The number of fused-ring (bicyclic) bond motifs is 1. The highest BCUT2D eigenvalue weighted by atomic mass is 32.2. The predicted octanol–water partition coefficient (Wildman–Crippen LogP) is 2.98. The second-order valence-electron chi connectivity index (χ2n) is 7.67. The lowest BCUT2D eigenvalue weighted by molar-refractivity contribution is 0.0729. The van der Waals surface area contributed by atoms with E-state index < -0.39 is 10.0 Å². The Bertz CT molecular complexity index is 1220. The summed E-state index contributed by atoms with van der Waals surface area (Å²) in [6, 6.07) is 6.60. The third-order valence-electron chi connectivity index (χ3n) is 5.46. The van der Waals surface area contributed by atoms with E-state index in [0.29, 0.717) is 54.8 Å². The molecule has 1 saturated heterocycles. The topological polar surface area (TPSA) is 89.3 Å². The van der Waals surface area contributed by atoms with Gasteiger partial charge >= 0.3 is 0 Å². The maximum atomic E-state index is 13.6. The van der Waals surface area contributed by atoms with E-state index in [1.54, 1.807) is 31.3 Å². The predicted molar refractivity (Wildman–Crippen MR) is 110 cm³/mol. The normalized spacial score (nSPS) is 18.1. The Labute approximate surface area is 173 Å². The molecule has 0 bridgehead atoms. The molecule has 2 fully saturated rings. The average Bonchev–Trinajstić information content (AvgIpc) is 3.54. The Hall–Kier alpha value is -2.56. The lowest BCUT2D eigenvalue weighted by atomic mass is 10.2. The van der Waals surface area contributed by atoms with Crippen LogP contribution in [-0.2, 0) is 14.8 Å². The number of halogens is 1. The summed E-state index contributed by atoms with van der Waals surface area (Å²) in [5.41, 5.74) is 1.98. The zero-order valence-electron chi connectivity index (χ0n) is 16.5. The summed E-state index contributed by atoms with van der Waals surface area (Å²) in [6.45, 7) is 3.06. The maximum Gasteiger partial charge on any atom is 0.260 e. The summed E-state index contributed by atoms with van der Waals surface area (Å²) in [4.78, 5) is 4.26. The molecule has 0 atom stereocenters. The number of aryl methyl sites for hydroxylation is 1. The minimum absolute atomic E-state index is 0.00872. The van der Waals surface area contributed by atoms with Gasteiger partial charge in [-0.05, 0) is 49.6 Å². The molecular formula is C20H22FN5O3S. The number of nitrogens with one attached hydrogen (secondary N) is 1. The SMILES string of the molecule is Cc1cc(Nc2nn(C3CC3)c3cnc(S(=O)(=O)N4CCOCC4)cc23)ccc1F. The van der Waals surface area contributed by atoms with Crippen LogP contribution < -0.4 is 5.32 Å². The van der Waals surface area contributed by atoms with Crippen LogP contribution in [0.5, 0.6) is 0 Å². The Balaban J connectivity index is 1.57. The van der Waals surface area contributed by atoms with Crippen molar-refractivity contribution in [3.63, 3.8) is 0 Å². The molecule has 1 saturated carbocycles. The first kappa shape index (κ1) is 19.4. The molecule has 2 aromatic heterocycles. The lowest BCUT2D eigenvalue weighted by Gasteiger charge is -2.25. The number of rotatable bonds is 5. The third-order valence-corrected chi connectivity index (χ3v) is 7.25. The third kappa shape index (κ3) is 3.44. The van der Waals surface area contributed by atoms with Gasteiger partial charge in [0.2, 0.25) is 0 Å². The molecule has 3 aromatic rings. The Morgan fingerprint density at radius 1 is 1.20 bits per heavy atom. The first-order valence-electron chi connectivity index (χ1n) is 9.93. The Kier molecular flexibility index (Phi) is 4.72. The molecule has 5 rings (SSSR count). The molecule has 0 spiro atoms. The van der Waals surface area contributed by atoms with Gasteiger partial charge in [0, 0.05) is 24.2 Å². The first-order chi connectivity index (χ1) is 14.4. The quantitative estimate of drug-likeness (QED) is 0.668. The zero-order chi connectivity index (χ0) is 20.9.